The topological polar surface area (TPSA) is 29.1 Å². The molecule has 1 amide bonds. The monoisotopic (exact) mass is 239 g/mol. The van der Waals surface area contributed by atoms with Gasteiger partial charge in [-0.25, -0.2) is 4.39 Å². The van der Waals surface area contributed by atoms with E-state index in [0.717, 1.165) is 0 Å². The minimum absolute atomic E-state index is 0.158. The van der Waals surface area contributed by atoms with Crippen molar-refractivity contribution >= 4 is 18.5 Å². The highest BCUT2D eigenvalue weighted by Crippen LogP contribution is 2.36. The second-order valence-corrected chi connectivity index (χ2v) is 4.83. The van der Waals surface area contributed by atoms with Crippen LogP contribution in [0.3, 0.4) is 0 Å². The molecule has 1 aromatic carbocycles. The van der Waals surface area contributed by atoms with Crippen molar-refractivity contribution in [2.45, 2.75) is 18.2 Å². The molecule has 86 valence electrons. The summed E-state index contributed by atoms with van der Waals surface area (Å²) >= 11 is 3.94. The third-order valence-corrected chi connectivity index (χ3v) is 3.35. The maximum atomic E-state index is 12.9. The van der Waals surface area contributed by atoms with Crippen LogP contribution in [0.2, 0.25) is 0 Å². The number of benzene rings is 1. The average Bonchev–Trinajstić information content (AvgIpc) is 2.95. The largest absolute Gasteiger partial charge is 0.352 e. The van der Waals surface area contributed by atoms with Crippen LogP contribution in [0, 0.1) is 17.7 Å². The fraction of sp³-hybridized carbons (Fsp3) is 0.417. The second kappa shape index (κ2) is 4.45. The van der Waals surface area contributed by atoms with Crippen LogP contribution in [0.5, 0.6) is 0 Å². The summed E-state index contributed by atoms with van der Waals surface area (Å²) in [7, 11) is 0. The van der Waals surface area contributed by atoms with Gasteiger partial charge >= 0.3 is 0 Å². The molecule has 1 aliphatic rings. The number of hydrogen-bond donors (Lipinski definition) is 2. The van der Waals surface area contributed by atoms with E-state index in [-0.39, 0.29) is 10.8 Å². The van der Waals surface area contributed by atoms with Crippen LogP contribution in [-0.2, 0) is 0 Å². The molecule has 0 aliphatic heterocycles. The van der Waals surface area contributed by atoms with Crippen molar-refractivity contribution in [3.05, 3.63) is 29.6 Å². The Morgan fingerprint density at radius 1 is 1.62 bits per heavy atom. The number of nitrogens with one attached hydrogen (secondary N) is 1. The van der Waals surface area contributed by atoms with Crippen LogP contribution in [0.4, 0.5) is 4.39 Å². The Kier molecular flexibility index (Phi) is 3.19. The van der Waals surface area contributed by atoms with Gasteiger partial charge in [0.05, 0.1) is 0 Å². The summed E-state index contributed by atoms with van der Waals surface area (Å²) in [6.07, 6.45) is 1.18. The van der Waals surface area contributed by atoms with Gasteiger partial charge in [0, 0.05) is 17.0 Å². The first-order valence-electron chi connectivity index (χ1n) is 5.34. The van der Waals surface area contributed by atoms with E-state index in [0.29, 0.717) is 23.9 Å². The molecule has 0 radical (unpaired) electrons. The number of amides is 1. The molecule has 0 aromatic heterocycles. The molecule has 2 rings (SSSR count). The first-order chi connectivity index (χ1) is 7.58. The van der Waals surface area contributed by atoms with Crippen LogP contribution < -0.4 is 5.32 Å². The molecule has 1 saturated carbocycles. The lowest BCUT2D eigenvalue weighted by Gasteiger charge is -2.05. The highest BCUT2D eigenvalue weighted by atomic mass is 32.1. The molecular formula is C12H14FNOS. The van der Waals surface area contributed by atoms with E-state index in [1.54, 1.807) is 0 Å². The summed E-state index contributed by atoms with van der Waals surface area (Å²) in [5.74, 6) is 0.763. The van der Waals surface area contributed by atoms with Gasteiger partial charge < -0.3 is 5.32 Å². The highest BCUT2D eigenvalue weighted by molar-refractivity contribution is 7.80. The average molecular weight is 239 g/mol. The van der Waals surface area contributed by atoms with Crippen molar-refractivity contribution < 1.29 is 9.18 Å². The van der Waals surface area contributed by atoms with Gasteiger partial charge in [-0.3, -0.25) is 4.79 Å². The number of hydrogen-bond acceptors (Lipinski definition) is 2. The molecule has 0 heterocycles. The van der Waals surface area contributed by atoms with Crippen molar-refractivity contribution in [2.24, 2.45) is 11.8 Å². The number of thiol groups is 1. The predicted molar refractivity (Wildman–Crippen MR) is 63.3 cm³/mol. The summed E-state index contributed by atoms with van der Waals surface area (Å²) in [6, 6.07) is 4.18. The standard InChI is InChI=1S/C12H14FNOS/c1-7-4-9(7)6-14-12(15)8-2-3-10(13)11(16)5-8/h2-3,5,7,9,16H,4,6H2,1H3,(H,14,15). The van der Waals surface area contributed by atoms with Crippen molar-refractivity contribution in [1.29, 1.82) is 0 Å². The van der Waals surface area contributed by atoms with Crippen molar-refractivity contribution in [3.63, 3.8) is 0 Å². The predicted octanol–water partition coefficient (Wildman–Crippen LogP) is 2.50. The molecule has 1 aliphatic carbocycles. The molecule has 4 heteroatoms. The number of carbonyl (C=O) groups excluding carboxylic acids is 1. The lowest BCUT2D eigenvalue weighted by molar-refractivity contribution is 0.0951. The third-order valence-electron chi connectivity index (χ3n) is 3.01. The highest BCUT2D eigenvalue weighted by Gasteiger charge is 2.32. The van der Waals surface area contributed by atoms with E-state index in [1.165, 1.54) is 24.6 Å². The summed E-state index contributed by atoms with van der Waals surface area (Å²) < 4.78 is 12.9. The molecule has 2 unspecified atom stereocenters. The smallest absolute Gasteiger partial charge is 0.251 e. The Hall–Kier alpha value is -1.03. The van der Waals surface area contributed by atoms with Gasteiger partial charge in [-0.2, -0.15) is 0 Å². The van der Waals surface area contributed by atoms with Gasteiger partial charge in [0.2, 0.25) is 0 Å². The van der Waals surface area contributed by atoms with E-state index in [2.05, 4.69) is 24.9 Å². The fourth-order valence-electron chi connectivity index (χ4n) is 1.66. The van der Waals surface area contributed by atoms with Crippen LogP contribution in [0.25, 0.3) is 0 Å². The van der Waals surface area contributed by atoms with Gasteiger partial charge in [-0.1, -0.05) is 6.92 Å². The van der Waals surface area contributed by atoms with E-state index in [1.807, 2.05) is 0 Å². The fourth-order valence-corrected chi connectivity index (χ4v) is 1.88. The maximum absolute atomic E-state index is 12.9. The van der Waals surface area contributed by atoms with Crippen molar-refractivity contribution in [3.8, 4) is 0 Å². The zero-order valence-electron chi connectivity index (χ0n) is 9.03. The molecule has 1 N–H and O–H groups in total. The van der Waals surface area contributed by atoms with Gasteiger partial charge in [0.25, 0.3) is 5.91 Å². The Labute approximate surface area is 99.6 Å². The van der Waals surface area contributed by atoms with Gasteiger partial charge in [0.1, 0.15) is 5.82 Å². The molecule has 2 nitrogen and oxygen atoms in total. The normalized spacial score (nSPS) is 22.9. The first-order valence-corrected chi connectivity index (χ1v) is 5.79. The molecule has 0 saturated heterocycles. The minimum atomic E-state index is -0.407. The quantitative estimate of drug-likeness (QED) is 0.780. The van der Waals surface area contributed by atoms with E-state index in [9.17, 15) is 9.18 Å². The molecule has 2 atom stereocenters. The lowest BCUT2D eigenvalue weighted by Crippen LogP contribution is -2.25. The van der Waals surface area contributed by atoms with Gasteiger partial charge in [-0.05, 0) is 36.5 Å². The summed E-state index contributed by atoms with van der Waals surface area (Å²) in [6.45, 7) is 2.87. The van der Waals surface area contributed by atoms with Crippen LogP contribution >= 0.6 is 12.6 Å². The Balaban J connectivity index is 1.95. The molecular weight excluding hydrogens is 225 g/mol. The molecule has 1 fully saturated rings. The summed E-state index contributed by atoms with van der Waals surface area (Å²) in [5, 5.41) is 2.84. The van der Waals surface area contributed by atoms with Crippen LogP contribution in [0.1, 0.15) is 23.7 Å². The van der Waals surface area contributed by atoms with Crippen LogP contribution in [-0.4, -0.2) is 12.5 Å². The Morgan fingerprint density at radius 3 is 2.88 bits per heavy atom. The Bertz CT molecular complexity index is 421. The zero-order valence-corrected chi connectivity index (χ0v) is 9.93. The molecule has 0 bridgehead atoms. The van der Waals surface area contributed by atoms with Crippen molar-refractivity contribution in [2.75, 3.05) is 6.54 Å². The molecule has 0 spiro atoms. The number of rotatable bonds is 3. The van der Waals surface area contributed by atoms with Crippen molar-refractivity contribution in [1.82, 2.24) is 5.32 Å². The summed E-state index contributed by atoms with van der Waals surface area (Å²) in [5.41, 5.74) is 0.458. The lowest BCUT2D eigenvalue weighted by atomic mass is 10.2. The van der Waals surface area contributed by atoms with Crippen LogP contribution in [0.15, 0.2) is 23.1 Å². The van der Waals surface area contributed by atoms with Gasteiger partial charge in [0.15, 0.2) is 0 Å². The van der Waals surface area contributed by atoms with Gasteiger partial charge in [-0.15, -0.1) is 12.6 Å². The maximum Gasteiger partial charge on any atom is 0.251 e. The number of carbonyl (C=O) groups is 1. The van der Waals surface area contributed by atoms with E-state index < -0.39 is 5.82 Å². The second-order valence-electron chi connectivity index (χ2n) is 4.35. The van der Waals surface area contributed by atoms with E-state index in [4.69, 9.17) is 0 Å². The number of halogens is 1. The molecule has 16 heavy (non-hydrogen) atoms. The first kappa shape index (κ1) is 11.5. The SMILES string of the molecule is CC1CC1CNC(=O)c1ccc(F)c(S)c1. The Morgan fingerprint density at radius 2 is 2.31 bits per heavy atom. The van der Waals surface area contributed by atoms with E-state index >= 15 is 0 Å². The zero-order chi connectivity index (χ0) is 11.7. The molecule has 1 aromatic rings. The summed E-state index contributed by atoms with van der Waals surface area (Å²) in [4.78, 5) is 11.9. The minimum Gasteiger partial charge on any atom is -0.352 e. The third kappa shape index (κ3) is 2.55.